The van der Waals surface area contributed by atoms with Gasteiger partial charge in [-0.15, -0.1) is 0 Å². The van der Waals surface area contributed by atoms with Crippen molar-refractivity contribution in [2.45, 2.75) is 20.3 Å². The lowest BCUT2D eigenvalue weighted by molar-refractivity contribution is 0.0957. The van der Waals surface area contributed by atoms with E-state index in [1.807, 2.05) is 36.6 Å². The molecule has 0 unspecified atom stereocenters. The molecule has 3 heterocycles. The lowest BCUT2D eigenvalue weighted by Crippen LogP contribution is -2.24. The van der Waals surface area contributed by atoms with Gasteiger partial charge in [-0.05, 0) is 49.1 Å². The molecule has 0 atom stereocenters. The molecule has 1 aliphatic rings. The maximum Gasteiger partial charge on any atom is 0.255 e. The standard InChI is InChI=1S/C19H18ClN3O2/c1-11-9-23-10-13(3-4-16(23)22-11)7-14-8-15-18(17(20)12(14)2)25-6-5-21-19(15)24/h3-4,8-10H,5-7H2,1-2H3,(H,21,24). The average molecular weight is 356 g/mol. The molecule has 2 aromatic heterocycles. The molecule has 128 valence electrons. The third-order valence-corrected chi connectivity index (χ3v) is 4.93. The van der Waals surface area contributed by atoms with Crippen LogP contribution in [0.3, 0.4) is 0 Å². The van der Waals surface area contributed by atoms with E-state index in [9.17, 15) is 4.79 Å². The number of pyridine rings is 1. The SMILES string of the molecule is Cc1cn2cc(Cc3cc4c(c(Cl)c3C)OCCNC4=O)ccc2n1. The number of halogens is 1. The third kappa shape index (κ3) is 2.85. The zero-order chi connectivity index (χ0) is 17.6. The van der Waals surface area contributed by atoms with Gasteiger partial charge < -0.3 is 14.5 Å². The van der Waals surface area contributed by atoms with Crippen molar-refractivity contribution in [1.29, 1.82) is 0 Å². The number of benzene rings is 1. The lowest BCUT2D eigenvalue weighted by Gasteiger charge is -2.15. The third-order valence-electron chi connectivity index (χ3n) is 4.48. The molecule has 6 heteroatoms. The van der Waals surface area contributed by atoms with E-state index >= 15 is 0 Å². The van der Waals surface area contributed by atoms with E-state index in [-0.39, 0.29) is 5.91 Å². The van der Waals surface area contributed by atoms with Crippen LogP contribution in [0.5, 0.6) is 5.75 Å². The van der Waals surface area contributed by atoms with Gasteiger partial charge in [-0.3, -0.25) is 4.79 Å². The number of fused-ring (bicyclic) bond motifs is 2. The van der Waals surface area contributed by atoms with Gasteiger partial charge in [-0.2, -0.15) is 0 Å². The summed E-state index contributed by atoms with van der Waals surface area (Å²) in [6.45, 7) is 4.84. The highest BCUT2D eigenvalue weighted by atomic mass is 35.5. The summed E-state index contributed by atoms with van der Waals surface area (Å²) in [5, 5.41) is 3.35. The van der Waals surface area contributed by atoms with Gasteiger partial charge in [0.25, 0.3) is 5.91 Å². The molecule has 0 aliphatic carbocycles. The first-order valence-electron chi connectivity index (χ1n) is 8.20. The summed E-state index contributed by atoms with van der Waals surface area (Å²) in [6, 6.07) is 5.94. The van der Waals surface area contributed by atoms with Gasteiger partial charge in [0.2, 0.25) is 0 Å². The predicted molar refractivity (Wildman–Crippen MR) is 96.8 cm³/mol. The number of aromatic nitrogens is 2. The highest BCUT2D eigenvalue weighted by Crippen LogP contribution is 2.36. The Labute approximate surface area is 150 Å². The second-order valence-corrected chi connectivity index (χ2v) is 6.70. The molecule has 0 saturated heterocycles. The van der Waals surface area contributed by atoms with Crippen LogP contribution in [0.1, 0.15) is 32.7 Å². The van der Waals surface area contributed by atoms with Crippen molar-refractivity contribution >= 4 is 23.2 Å². The smallest absolute Gasteiger partial charge is 0.255 e. The molecule has 0 bridgehead atoms. The number of carbonyl (C=O) groups excluding carboxylic acids is 1. The summed E-state index contributed by atoms with van der Waals surface area (Å²) >= 11 is 6.50. The van der Waals surface area contributed by atoms with Crippen molar-refractivity contribution in [3.63, 3.8) is 0 Å². The van der Waals surface area contributed by atoms with Crippen LogP contribution in [0.25, 0.3) is 5.65 Å². The number of amides is 1. The van der Waals surface area contributed by atoms with Crippen LogP contribution in [0.4, 0.5) is 0 Å². The van der Waals surface area contributed by atoms with Crippen LogP contribution in [0.2, 0.25) is 5.02 Å². The molecule has 5 nitrogen and oxygen atoms in total. The zero-order valence-corrected chi connectivity index (χ0v) is 14.9. The number of rotatable bonds is 2. The molecular weight excluding hydrogens is 338 g/mol. The largest absolute Gasteiger partial charge is 0.489 e. The topological polar surface area (TPSA) is 55.6 Å². The normalized spacial score (nSPS) is 14.0. The van der Waals surface area contributed by atoms with E-state index in [1.54, 1.807) is 0 Å². The Kier molecular flexibility index (Phi) is 3.88. The van der Waals surface area contributed by atoms with Crippen LogP contribution in [0.15, 0.2) is 30.6 Å². The molecule has 4 rings (SSSR count). The van der Waals surface area contributed by atoms with Crippen molar-refractivity contribution in [2.24, 2.45) is 0 Å². The summed E-state index contributed by atoms with van der Waals surface area (Å²) in [5.74, 6) is 0.343. The Morgan fingerprint density at radius 1 is 1.32 bits per heavy atom. The Bertz CT molecular complexity index is 994. The van der Waals surface area contributed by atoms with Gasteiger partial charge in [0.05, 0.1) is 22.8 Å². The highest BCUT2D eigenvalue weighted by molar-refractivity contribution is 6.33. The number of nitrogens with zero attached hydrogens (tertiary/aromatic N) is 2. The molecule has 0 radical (unpaired) electrons. The van der Waals surface area contributed by atoms with E-state index in [1.165, 1.54) is 0 Å². The van der Waals surface area contributed by atoms with Crippen molar-refractivity contribution in [1.82, 2.24) is 14.7 Å². The molecule has 1 aliphatic heterocycles. The number of carbonyl (C=O) groups is 1. The Balaban J connectivity index is 1.76. The minimum absolute atomic E-state index is 0.142. The van der Waals surface area contributed by atoms with E-state index in [0.717, 1.165) is 28.0 Å². The average Bonchev–Trinajstić information content (AvgIpc) is 2.85. The molecule has 0 saturated carbocycles. The molecule has 1 N–H and O–H groups in total. The molecule has 1 aromatic carbocycles. The summed E-state index contributed by atoms with van der Waals surface area (Å²) in [4.78, 5) is 16.7. The molecule has 25 heavy (non-hydrogen) atoms. The van der Waals surface area contributed by atoms with Crippen LogP contribution < -0.4 is 10.1 Å². The van der Waals surface area contributed by atoms with Gasteiger partial charge in [-0.1, -0.05) is 17.7 Å². The fourth-order valence-electron chi connectivity index (χ4n) is 3.17. The minimum Gasteiger partial charge on any atom is -0.489 e. The minimum atomic E-state index is -0.142. The fourth-order valence-corrected chi connectivity index (χ4v) is 3.45. The van der Waals surface area contributed by atoms with Crippen LogP contribution >= 0.6 is 11.6 Å². The zero-order valence-electron chi connectivity index (χ0n) is 14.1. The van der Waals surface area contributed by atoms with E-state index < -0.39 is 0 Å². The Morgan fingerprint density at radius 3 is 3.00 bits per heavy atom. The van der Waals surface area contributed by atoms with E-state index in [0.29, 0.717) is 35.9 Å². The lowest BCUT2D eigenvalue weighted by atomic mass is 9.97. The monoisotopic (exact) mass is 355 g/mol. The predicted octanol–water partition coefficient (Wildman–Crippen LogP) is 3.32. The number of ether oxygens (including phenoxy) is 1. The number of hydrogen-bond acceptors (Lipinski definition) is 3. The van der Waals surface area contributed by atoms with E-state index in [2.05, 4.69) is 22.6 Å². The van der Waals surface area contributed by atoms with Crippen LogP contribution in [-0.2, 0) is 6.42 Å². The van der Waals surface area contributed by atoms with Gasteiger partial charge in [-0.25, -0.2) is 4.98 Å². The Hall–Kier alpha value is -2.53. The molecule has 0 spiro atoms. The summed E-state index contributed by atoms with van der Waals surface area (Å²) < 4.78 is 7.68. The fraction of sp³-hybridized carbons (Fsp3) is 0.263. The summed E-state index contributed by atoms with van der Waals surface area (Å²) in [7, 11) is 0. The maximum absolute atomic E-state index is 12.3. The van der Waals surface area contributed by atoms with Crippen LogP contribution in [-0.4, -0.2) is 28.4 Å². The number of imidazole rings is 1. The summed E-state index contributed by atoms with van der Waals surface area (Å²) in [5.41, 5.74) is 5.49. The van der Waals surface area contributed by atoms with Gasteiger partial charge >= 0.3 is 0 Å². The maximum atomic E-state index is 12.3. The van der Waals surface area contributed by atoms with Crippen molar-refractivity contribution in [3.8, 4) is 5.75 Å². The van der Waals surface area contributed by atoms with Crippen molar-refractivity contribution in [3.05, 3.63) is 63.6 Å². The first-order valence-corrected chi connectivity index (χ1v) is 8.58. The second-order valence-electron chi connectivity index (χ2n) is 6.32. The first-order chi connectivity index (χ1) is 12.0. The quantitative estimate of drug-likeness (QED) is 0.767. The van der Waals surface area contributed by atoms with Gasteiger partial charge in [0, 0.05) is 12.4 Å². The second kappa shape index (κ2) is 6.08. The van der Waals surface area contributed by atoms with Crippen LogP contribution in [0, 0.1) is 13.8 Å². The van der Waals surface area contributed by atoms with Crippen molar-refractivity contribution < 1.29 is 9.53 Å². The molecule has 1 amide bonds. The highest BCUT2D eigenvalue weighted by Gasteiger charge is 2.22. The molecule has 0 fully saturated rings. The van der Waals surface area contributed by atoms with E-state index in [4.69, 9.17) is 16.3 Å². The first kappa shape index (κ1) is 16.0. The number of hydrogen-bond donors (Lipinski definition) is 1. The molecule has 3 aromatic rings. The Morgan fingerprint density at radius 2 is 2.16 bits per heavy atom. The van der Waals surface area contributed by atoms with Gasteiger partial charge in [0.1, 0.15) is 12.3 Å². The molecular formula is C19H18ClN3O2. The summed E-state index contributed by atoms with van der Waals surface area (Å²) in [6.07, 6.45) is 4.74. The number of aryl methyl sites for hydroxylation is 1. The van der Waals surface area contributed by atoms with Crippen molar-refractivity contribution in [2.75, 3.05) is 13.2 Å². The number of nitrogens with one attached hydrogen (secondary N) is 1. The van der Waals surface area contributed by atoms with Gasteiger partial charge in [0.15, 0.2) is 5.75 Å².